The van der Waals surface area contributed by atoms with Gasteiger partial charge in [0, 0.05) is 65.2 Å². The molecule has 1 aromatic heterocycles. The van der Waals surface area contributed by atoms with Crippen LogP contribution in [0, 0.1) is 5.92 Å². The predicted octanol–water partition coefficient (Wildman–Crippen LogP) is 6.21. The van der Waals surface area contributed by atoms with E-state index in [1.165, 1.54) is 6.08 Å². The van der Waals surface area contributed by atoms with E-state index in [-0.39, 0.29) is 17.7 Å². The van der Waals surface area contributed by atoms with Crippen molar-refractivity contribution in [3.63, 3.8) is 0 Å². The summed E-state index contributed by atoms with van der Waals surface area (Å²) in [5.41, 5.74) is 2.53. The van der Waals surface area contributed by atoms with Gasteiger partial charge in [-0.1, -0.05) is 37.0 Å². The molecule has 182 valence electrons. The van der Waals surface area contributed by atoms with Gasteiger partial charge in [-0.2, -0.15) is 0 Å². The number of anilines is 2. The molecule has 1 saturated heterocycles. The Morgan fingerprint density at radius 2 is 1.60 bits per heavy atom. The van der Waals surface area contributed by atoms with Crippen LogP contribution < -0.4 is 10.2 Å². The Morgan fingerprint density at radius 1 is 0.943 bits per heavy atom. The van der Waals surface area contributed by atoms with E-state index in [9.17, 15) is 9.59 Å². The lowest BCUT2D eigenvalue weighted by Crippen LogP contribution is -2.49. The monoisotopic (exact) mass is 511 g/mol. The number of carbonyl (C=O) groups excluding carboxylic acids is 2. The Balaban J connectivity index is 1.31. The molecule has 0 saturated carbocycles. The molecule has 2 aromatic carbocycles. The largest absolute Gasteiger partial charge is 0.457 e. The molecule has 2 heterocycles. The fourth-order valence-electron chi connectivity index (χ4n) is 3.94. The van der Waals surface area contributed by atoms with Crippen molar-refractivity contribution in [1.82, 2.24) is 4.90 Å². The van der Waals surface area contributed by atoms with E-state index < -0.39 is 0 Å². The molecule has 6 nitrogen and oxygen atoms in total. The molecule has 0 atom stereocenters. The summed E-state index contributed by atoms with van der Waals surface area (Å²) in [7, 11) is 0. The lowest BCUT2D eigenvalue weighted by atomic mass is 10.1. The van der Waals surface area contributed by atoms with Crippen LogP contribution in [0.25, 0.3) is 17.4 Å². The maximum Gasteiger partial charge on any atom is 0.248 e. The van der Waals surface area contributed by atoms with Gasteiger partial charge in [-0.15, -0.1) is 0 Å². The second-order valence-corrected chi connectivity index (χ2v) is 9.57. The minimum Gasteiger partial charge on any atom is -0.457 e. The van der Waals surface area contributed by atoms with Crippen molar-refractivity contribution in [2.24, 2.45) is 5.92 Å². The summed E-state index contributed by atoms with van der Waals surface area (Å²) in [5, 5.41) is 3.90. The standard InChI is InChI=1S/C27H27Cl2N3O3/c1-18(2)27(34)32-13-11-31(12-14-32)23-5-3-22(4-6-23)30-26(33)10-8-24-7-9-25(35-24)19-15-20(28)17-21(29)16-19/h3-10,15-18H,11-14H2,1-2H3,(H,30,33)/b10-8+. The van der Waals surface area contributed by atoms with Crippen LogP contribution in [0.4, 0.5) is 11.4 Å². The molecule has 4 rings (SSSR count). The highest BCUT2D eigenvalue weighted by Crippen LogP contribution is 2.29. The first-order valence-electron chi connectivity index (χ1n) is 11.5. The van der Waals surface area contributed by atoms with Crippen LogP contribution in [0.3, 0.4) is 0 Å². The molecule has 0 radical (unpaired) electrons. The smallest absolute Gasteiger partial charge is 0.248 e. The number of nitrogens with zero attached hydrogens (tertiary/aromatic N) is 2. The van der Waals surface area contributed by atoms with E-state index >= 15 is 0 Å². The quantitative estimate of drug-likeness (QED) is 0.399. The second-order valence-electron chi connectivity index (χ2n) is 8.70. The van der Waals surface area contributed by atoms with Crippen LogP contribution in [0.2, 0.25) is 10.0 Å². The van der Waals surface area contributed by atoms with Crippen LogP contribution in [0.15, 0.2) is 65.1 Å². The molecule has 1 fully saturated rings. The maximum atomic E-state index is 12.4. The first kappa shape index (κ1) is 24.9. The van der Waals surface area contributed by atoms with E-state index in [0.717, 1.165) is 37.4 Å². The third-order valence-corrected chi connectivity index (χ3v) is 6.19. The molecule has 35 heavy (non-hydrogen) atoms. The minimum absolute atomic E-state index is 0.0235. The SMILES string of the molecule is CC(C)C(=O)N1CCN(c2ccc(NC(=O)/C=C/c3ccc(-c4cc(Cl)cc(Cl)c4)o3)cc2)CC1. The molecule has 1 aliphatic heterocycles. The van der Waals surface area contributed by atoms with Gasteiger partial charge in [0.1, 0.15) is 11.5 Å². The Labute approximate surface area is 215 Å². The van der Waals surface area contributed by atoms with Crippen molar-refractivity contribution in [1.29, 1.82) is 0 Å². The van der Waals surface area contributed by atoms with Crippen LogP contribution in [-0.4, -0.2) is 42.9 Å². The van der Waals surface area contributed by atoms with Crippen molar-refractivity contribution >= 4 is 52.5 Å². The topological polar surface area (TPSA) is 65.8 Å². The van der Waals surface area contributed by atoms with E-state index in [4.69, 9.17) is 27.6 Å². The van der Waals surface area contributed by atoms with Gasteiger partial charge in [-0.3, -0.25) is 9.59 Å². The Bertz CT molecular complexity index is 1210. The van der Waals surface area contributed by atoms with Crippen molar-refractivity contribution in [3.05, 3.63) is 76.5 Å². The summed E-state index contributed by atoms with van der Waals surface area (Å²) in [6.45, 7) is 6.89. The zero-order chi connectivity index (χ0) is 24.9. The molecule has 1 N–H and O–H groups in total. The summed E-state index contributed by atoms with van der Waals surface area (Å²) in [5.74, 6) is 1.12. The van der Waals surface area contributed by atoms with Gasteiger partial charge in [0.15, 0.2) is 0 Å². The molecular formula is C27H27Cl2N3O3. The van der Waals surface area contributed by atoms with Crippen molar-refractivity contribution < 1.29 is 14.0 Å². The molecular weight excluding hydrogens is 485 g/mol. The average molecular weight is 512 g/mol. The third-order valence-electron chi connectivity index (χ3n) is 5.76. The van der Waals surface area contributed by atoms with Crippen molar-refractivity contribution in [2.75, 3.05) is 36.4 Å². The van der Waals surface area contributed by atoms with Crippen molar-refractivity contribution in [2.45, 2.75) is 13.8 Å². The number of amides is 2. The summed E-state index contributed by atoms with van der Waals surface area (Å²) in [6.07, 6.45) is 3.03. The zero-order valence-corrected chi connectivity index (χ0v) is 21.1. The summed E-state index contributed by atoms with van der Waals surface area (Å²) < 4.78 is 5.78. The number of rotatable bonds is 6. The third kappa shape index (κ3) is 6.47. The Hall–Kier alpha value is -3.22. The lowest BCUT2D eigenvalue weighted by molar-refractivity contribution is -0.134. The van der Waals surface area contributed by atoms with Gasteiger partial charge in [-0.25, -0.2) is 0 Å². The van der Waals surface area contributed by atoms with Crippen LogP contribution in [0.1, 0.15) is 19.6 Å². The summed E-state index contributed by atoms with van der Waals surface area (Å²) in [6, 6.07) is 16.5. The number of furan rings is 1. The highest BCUT2D eigenvalue weighted by molar-refractivity contribution is 6.35. The van der Waals surface area contributed by atoms with Crippen LogP contribution >= 0.6 is 23.2 Å². The normalized spacial score (nSPS) is 14.1. The predicted molar refractivity (Wildman–Crippen MR) is 142 cm³/mol. The molecule has 2 amide bonds. The van der Waals surface area contributed by atoms with Crippen LogP contribution in [0.5, 0.6) is 0 Å². The van der Waals surface area contributed by atoms with E-state index in [1.54, 1.807) is 36.4 Å². The number of piperazine rings is 1. The number of nitrogens with one attached hydrogen (secondary N) is 1. The Morgan fingerprint density at radius 3 is 2.23 bits per heavy atom. The maximum absolute atomic E-state index is 12.4. The van der Waals surface area contributed by atoms with Gasteiger partial charge < -0.3 is 19.5 Å². The molecule has 8 heteroatoms. The number of halogens is 2. The highest BCUT2D eigenvalue weighted by atomic mass is 35.5. The minimum atomic E-state index is -0.262. The first-order chi connectivity index (χ1) is 16.8. The summed E-state index contributed by atoms with van der Waals surface area (Å²) in [4.78, 5) is 28.7. The number of benzene rings is 2. The highest BCUT2D eigenvalue weighted by Gasteiger charge is 2.22. The molecule has 0 unspecified atom stereocenters. The van der Waals surface area contributed by atoms with Gasteiger partial charge in [0.05, 0.1) is 0 Å². The van der Waals surface area contributed by atoms with Gasteiger partial charge in [-0.05, 0) is 60.7 Å². The van der Waals surface area contributed by atoms with Gasteiger partial charge in [0.25, 0.3) is 0 Å². The molecule has 0 aliphatic carbocycles. The van der Waals surface area contributed by atoms with Gasteiger partial charge in [0.2, 0.25) is 11.8 Å². The van der Waals surface area contributed by atoms with E-state index in [0.29, 0.717) is 27.3 Å². The number of hydrogen-bond donors (Lipinski definition) is 1. The zero-order valence-electron chi connectivity index (χ0n) is 19.6. The number of carbonyl (C=O) groups is 2. The Kier molecular flexibility index (Phi) is 7.83. The molecule has 3 aromatic rings. The molecule has 0 bridgehead atoms. The van der Waals surface area contributed by atoms with Gasteiger partial charge >= 0.3 is 0 Å². The second kappa shape index (κ2) is 11.0. The van der Waals surface area contributed by atoms with Crippen LogP contribution in [-0.2, 0) is 9.59 Å². The fraction of sp³-hybridized carbons (Fsp3) is 0.259. The number of hydrogen-bond acceptors (Lipinski definition) is 4. The fourth-order valence-corrected chi connectivity index (χ4v) is 4.47. The lowest BCUT2D eigenvalue weighted by Gasteiger charge is -2.37. The van der Waals surface area contributed by atoms with E-state index in [1.807, 2.05) is 43.0 Å². The van der Waals surface area contributed by atoms with Crippen molar-refractivity contribution in [3.8, 4) is 11.3 Å². The molecule has 0 spiro atoms. The molecule has 1 aliphatic rings. The first-order valence-corrected chi connectivity index (χ1v) is 12.2. The average Bonchev–Trinajstić information content (AvgIpc) is 3.31. The summed E-state index contributed by atoms with van der Waals surface area (Å²) >= 11 is 12.1. The van der Waals surface area contributed by atoms with E-state index in [2.05, 4.69) is 10.2 Å².